The van der Waals surface area contributed by atoms with E-state index in [0.717, 1.165) is 12.1 Å². The summed E-state index contributed by atoms with van der Waals surface area (Å²) in [7, 11) is 0. The lowest BCUT2D eigenvalue weighted by Gasteiger charge is -2.08. The number of hydrogen-bond acceptors (Lipinski definition) is 4. The number of nitrogens with zero attached hydrogens (tertiary/aromatic N) is 1. The molecule has 2 heterocycles. The highest BCUT2D eigenvalue weighted by molar-refractivity contribution is 7.08. The van der Waals surface area contributed by atoms with Crippen LogP contribution in [0.15, 0.2) is 23.0 Å². The molecule has 20 heavy (non-hydrogen) atoms. The van der Waals surface area contributed by atoms with Gasteiger partial charge in [0, 0.05) is 19.3 Å². The third-order valence-electron chi connectivity index (χ3n) is 2.85. The maximum atomic E-state index is 12.0. The second kappa shape index (κ2) is 6.72. The molecule has 2 N–H and O–H groups in total. The van der Waals surface area contributed by atoms with Crippen molar-refractivity contribution in [1.29, 1.82) is 0 Å². The average molecular weight is 310 g/mol. The number of carbonyl (C=O) groups is 1. The molecule has 0 saturated heterocycles. The standard InChI is InChI=1S/C14H16ClN3OS/c1-3-16-13-12(15)4-10(5-17-13)14(19)18-6-11-8-20-7-9(11)2/h4-5,7-8H,3,6H2,1-2H3,(H,16,17)(H,18,19). The van der Waals surface area contributed by atoms with Gasteiger partial charge in [-0.05, 0) is 41.8 Å². The number of hydrogen-bond donors (Lipinski definition) is 2. The van der Waals surface area contributed by atoms with Gasteiger partial charge in [0.25, 0.3) is 5.91 Å². The SMILES string of the molecule is CCNc1ncc(C(=O)NCc2cscc2C)cc1Cl. The van der Waals surface area contributed by atoms with E-state index >= 15 is 0 Å². The Morgan fingerprint density at radius 2 is 2.25 bits per heavy atom. The monoisotopic (exact) mass is 309 g/mol. The lowest BCUT2D eigenvalue weighted by molar-refractivity contribution is 0.0950. The summed E-state index contributed by atoms with van der Waals surface area (Å²) in [4.78, 5) is 16.2. The van der Waals surface area contributed by atoms with Crippen LogP contribution in [-0.4, -0.2) is 17.4 Å². The molecule has 106 valence electrons. The molecule has 2 rings (SSSR count). The van der Waals surface area contributed by atoms with E-state index in [9.17, 15) is 4.79 Å². The van der Waals surface area contributed by atoms with E-state index in [2.05, 4.69) is 21.0 Å². The van der Waals surface area contributed by atoms with Crippen LogP contribution in [0.25, 0.3) is 0 Å². The first-order valence-electron chi connectivity index (χ1n) is 6.31. The van der Waals surface area contributed by atoms with Crippen molar-refractivity contribution in [2.45, 2.75) is 20.4 Å². The molecule has 0 aliphatic heterocycles. The van der Waals surface area contributed by atoms with Gasteiger partial charge in [-0.1, -0.05) is 11.6 Å². The van der Waals surface area contributed by atoms with Gasteiger partial charge in [0.05, 0.1) is 10.6 Å². The third-order valence-corrected chi connectivity index (χ3v) is 4.05. The lowest BCUT2D eigenvalue weighted by atomic mass is 10.2. The normalized spacial score (nSPS) is 10.3. The van der Waals surface area contributed by atoms with Crippen LogP contribution in [0.1, 0.15) is 28.4 Å². The molecule has 6 heteroatoms. The van der Waals surface area contributed by atoms with Gasteiger partial charge in [-0.25, -0.2) is 4.98 Å². The maximum absolute atomic E-state index is 12.0. The van der Waals surface area contributed by atoms with E-state index in [1.165, 1.54) is 11.8 Å². The van der Waals surface area contributed by atoms with Crippen LogP contribution in [0, 0.1) is 6.92 Å². The highest BCUT2D eigenvalue weighted by Gasteiger charge is 2.10. The first-order valence-corrected chi connectivity index (χ1v) is 7.63. The van der Waals surface area contributed by atoms with E-state index in [1.807, 2.05) is 19.2 Å². The number of rotatable bonds is 5. The Labute approximate surface area is 127 Å². The van der Waals surface area contributed by atoms with Crippen LogP contribution in [0.3, 0.4) is 0 Å². The summed E-state index contributed by atoms with van der Waals surface area (Å²) in [6, 6.07) is 1.63. The Balaban J connectivity index is 2.02. The van der Waals surface area contributed by atoms with Crippen molar-refractivity contribution in [1.82, 2.24) is 10.3 Å². The van der Waals surface area contributed by atoms with Crippen LogP contribution < -0.4 is 10.6 Å². The van der Waals surface area contributed by atoms with Crippen LogP contribution in [0.2, 0.25) is 5.02 Å². The molecular weight excluding hydrogens is 294 g/mol. The molecule has 4 nitrogen and oxygen atoms in total. The van der Waals surface area contributed by atoms with Crippen molar-refractivity contribution in [2.24, 2.45) is 0 Å². The van der Waals surface area contributed by atoms with Crippen molar-refractivity contribution in [2.75, 3.05) is 11.9 Å². The molecule has 0 radical (unpaired) electrons. The molecule has 0 unspecified atom stereocenters. The number of aryl methyl sites for hydroxylation is 1. The summed E-state index contributed by atoms with van der Waals surface area (Å²) in [5.41, 5.74) is 2.78. The van der Waals surface area contributed by atoms with Crippen molar-refractivity contribution in [3.63, 3.8) is 0 Å². The fourth-order valence-corrected chi connectivity index (χ4v) is 2.80. The minimum atomic E-state index is -0.173. The fraction of sp³-hybridized carbons (Fsp3) is 0.286. The summed E-state index contributed by atoms with van der Waals surface area (Å²) >= 11 is 7.70. The molecule has 0 saturated carbocycles. The highest BCUT2D eigenvalue weighted by Crippen LogP contribution is 2.20. The first kappa shape index (κ1) is 14.8. The van der Waals surface area contributed by atoms with Crippen molar-refractivity contribution in [3.05, 3.63) is 44.7 Å². The van der Waals surface area contributed by atoms with Crippen LogP contribution in [-0.2, 0) is 6.54 Å². The Kier molecular flexibility index (Phi) is 4.98. The molecule has 2 aromatic heterocycles. The van der Waals surface area contributed by atoms with E-state index < -0.39 is 0 Å². The molecule has 2 aromatic rings. The van der Waals surface area contributed by atoms with Crippen LogP contribution in [0.5, 0.6) is 0 Å². The number of nitrogens with one attached hydrogen (secondary N) is 2. The number of pyridine rings is 1. The second-order valence-electron chi connectivity index (χ2n) is 4.35. The topological polar surface area (TPSA) is 54.0 Å². The molecule has 0 aliphatic carbocycles. The molecule has 1 amide bonds. The molecule has 0 bridgehead atoms. The first-order chi connectivity index (χ1) is 9.61. The quantitative estimate of drug-likeness (QED) is 0.889. The van der Waals surface area contributed by atoms with Gasteiger partial charge in [-0.15, -0.1) is 0 Å². The summed E-state index contributed by atoms with van der Waals surface area (Å²) in [6.45, 7) is 5.24. The number of amides is 1. The van der Waals surface area contributed by atoms with E-state index in [4.69, 9.17) is 11.6 Å². The molecule has 0 fully saturated rings. The second-order valence-corrected chi connectivity index (χ2v) is 5.50. The van der Waals surface area contributed by atoms with Gasteiger partial charge >= 0.3 is 0 Å². The average Bonchev–Trinajstić information content (AvgIpc) is 2.84. The number of carbonyl (C=O) groups excluding carboxylic acids is 1. The Morgan fingerprint density at radius 3 is 2.85 bits per heavy atom. The predicted molar refractivity (Wildman–Crippen MR) is 83.6 cm³/mol. The molecule has 0 aromatic carbocycles. The van der Waals surface area contributed by atoms with E-state index in [-0.39, 0.29) is 5.91 Å². The van der Waals surface area contributed by atoms with Gasteiger partial charge in [0.1, 0.15) is 5.82 Å². The van der Waals surface area contributed by atoms with E-state index in [1.54, 1.807) is 17.4 Å². The largest absolute Gasteiger partial charge is 0.369 e. The van der Waals surface area contributed by atoms with E-state index in [0.29, 0.717) is 22.9 Å². The number of thiophene rings is 1. The van der Waals surface area contributed by atoms with Gasteiger partial charge < -0.3 is 10.6 Å². The Morgan fingerprint density at radius 1 is 1.45 bits per heavy atom. The molecule has 0 atom stereocenters. The molecule has 0 aliphatic rings. The van der Waals surface area contributed by atoms with Gasteiger partial charge in [-0.3, -0.25) is 4.79 Å². The number of halogens is 1. The maximum Gasteiger partial charge on any atom is 0.253 e. The molecular formula is C14H16ClN3OS. The third kappa shape index (κ3) is 3.49. The zero-order valence-corrected chi connectivity index (χ0v) is 12.9. The Hall–Kier alpha value is -1.59. The highest BCUT2D eigenvalue weighted by atomic mass is 35.5. The zero-order chi connectivity index (χ0) is 14.5. The fourth-order valence-electron chi connectivity index (χ4n) is 1.71. The zero-order valence-electron chi connectivity index (χ0n) is 11.4. The summed E-state index contributed by atoms with van der Waals surface area (Å²) in [5.74, 6) is 0.424. The molecule has 0 spiro atoms. The van der Waals surface area contributed by atoms with Gasteiger partial charge in [0.15, 0.2) is 0 Å². The minimum absolute atomic E-state index is 0.173. The predicted octanol–water partition coefficient (Wildman–Crippen LogP) is 3.47. The lowest BCUT2D eigenvalue weighted by Crippen LogP contribution is -2.23. The van der Waals surface area contributed by atoms with Crippen LogP contribution in [0.4, 0.5) is 5.82 Å². The minimum Gasteiger partial charge on any atom is -0.369 e. The van der Waals surface area contributed by atoms with Gasteiger partial charge in [-0.2, -0.15) is 11.3 Å². The van der Waals surface area contributed by atoms with Crippen molar-refractivity contribution < 1.29 is 4.79 Å². The smallest absolute Gasteiger partial charge is 0.253 e. The van der Waals surface area contributed by atoms with Crippen molar-refractivity contribution in [3.8, 4) is 0 Å². The van der Waals surface area contributed by atoms with Gasteiger partial charge in [0.2, 0.25) is 0 Å². The van der Waals surface area contributed by atoms with Crippen LogP contribution >= 0.6 is 22.9 Å². The van der Waals surface area contributed by atoms with Crippen molar-refractivity contribution >= 4 is 34.7 Å². The number of aromatic nitrogens is 1. The number of anilines is 1. The summed E-state index contributed by atoms with van der Waals surface area (Å²) in [6.07, 6.45) is 1.53. The summed E-state index contributed by atoms with van der Waals surface area (Å²) < 4.78 is 0. The Bertz CT molecular complexity index is 612. The summed E-state index contributed by atoms with van der Waals surface area (Å²) in [5, 5.41) is 10.4.